The Morgan fingerprint density at radius 1 is 0.939 bits per heavy atom. The average Bonchev–Trinajstić information content (AvgIpc) is 3.16. The largest absolute Gasteiger partial charge is 0.341 e. The number of carbonyl (C=O) groups excluding carboxylic acids is 3. The summed E-state index contributed by atoms with van der Waals surface area (Å²) in [5, 5.41) is 5.47. The van der Waals surface area contributed by atoms with Gasteiger partial charge in [-0.15, -0.1) is 0 Å². The first kappa shape index (κ1) is 22.1. The van der Waals surface area contributed by atoms with Crippen molar-refractivity contribution in [3.8, 4) is 0 Å². The van der Waals surface area contributed by atoms with Gasteiger partial charge in [-0.2, -0.15) is 0 Å². The summed E-state index contributed by atoms with van der Waals surface area (Å²) < 4.78 is 2.16. The van der Waals surface area contributed by atoms with E-state index in [2.05, 4.69) is 21.5 Å². The van der Waals surface area contributed by atoms with Crippen molar-refractivity contribution in [2.24, 2.45) is 5.16 Å². The summed E-state index contributed by atoms with van der Waals surface area (Å²) in [4.78, 5) is 40.7. The van der Waals surface area contributed by atoms with E-state index < -0.39 is 5.97 Å². The van der Waals surface area contributed by atoms with Crippen LogP contribution >= 0.6 is 0 Å². The number of oxime groups is 1. The Balaban J connectivity index is 1.90. The summed E-state index contributed by atoms with van der Waals surface area (Å²) in [7, 11) is 0. The fraction of sp³-hybridized carbons (Fsp3) is 0.185. The Morgan fingerprint density at radius 2 is 1.58 bits per heavy atom. The van der Waals surface area contributed by atoms with Crippen LogP contribution in [0.25, 0.3) is 21.8 Å². The number of hydrogen-bond donors (Lipinski definition) is 0. The van der Waals surface area contributed by atoms with Crippen molar-refractivity contribution in [2.75, 3.05) is 0 Å². The van der Waals surface area contributed by atoms with Gasteiger partial charge < -0.3 is 9.40 Å². The smallest absolute Gasteiger partial charge is 0.332 e. The maximum atomic E-state index is 13.3. The van der Waals surface area contributed by atoms with E-state index in [0.29, 0.717) is 23.0 Å². The van der Waals surface area contributed by atoms with Gasteiger partial charge in [-0.25, -0.2) is 4.79 Å². The van der Waals surface area contributed by atoms with Gasteiger partial charge >= 0.3 is 5.97 Å². The van der Waals surface area contributed by atoms with E-state index in [1.807, 2.05) is 61.5 Å². The van der Waals surface area contributed by atoms with Gasteiger partial charge in [0.25, 0.3) is 0 Å². The van der Waals surface area contributed by atoms with Crippen LogP contribution in [0, 0.1) is 0 Å². The molecule has 0 saturated heterocycles. The first-order valence-electron chi connectivity index (χ1n) is 10.9. The molecule has 0 N–H and O–H groups in total. The highest BCUT2D eigenvalue weighted by Crippen LogP contribution is 2.31. The Bertz CT molecular complexity index is 1430. The summed E-state index contributed by atoms with van der Waals surface area (Å²) in [5.41, 5.74) is 4.85. The molecule has 0 unspecified atom stereocenters. The molecule has 4 rings (SSSR count). The standard InChI is InChI=1S/C27H24N2O4/c1-4-18-8-6-7-9-21(18)27(32)20-11-13-26-23(15-20)22-14-19(10-12-25(22)29(26)5-2)24(16-30)28-33-17(3)31/h6-16H,4-5H2,1-3H3. The lowest BCUT2D eigenvalue weighted by Gasteiger charge is -2.07. The molecule has 0 aliphatic heterocycles. The molecule has 0 amide bonds. The highest BCUT2D eigenvalue weighted by molar-refractivity contribution is 6.36. The molecule has 0 spiro atoms. The number of benzene rings is 3. The van der Waals surface area contributed by atoms with Crippen molar-refractivity contribution in [3.63, 3.8) is 0 Å². The number of fused-ring (bicyclic) bond motifs is 3. The highest BCUT2D eigenvalue weighted by atomic mass is 16.7. The number of rotatable bonds is 7. The number of hydrogen-bond acceptors (Lipinski definition) is 5. The van der Waals surface area contributed by atoms with E-state index in [0.717, 1.165) is 40.3 Å². The minimum atomic E-state index is -0.603. The molecular formula is C27H24N2O4. The van der Waals surface area contributed by atoms with Crippen molar-refractivity contribution in [2.45, 2.75) is 33.7 Å². The highest BCUT2D eigenvalue weighted by Gasteiger charge is 2.17. The van der Waals surface area contributed by atoms with Crippen molar-refractivity contribution >= 4 is 45.6 Å². The van der Waals surface area contributed by atoms with Crippen LogP contribution in [0.2, 0.25) is 0 Å². The molecule has 0 fully saturated rings. The molecule has 166 valence electrons. The third-order valence-electron chi connectivity index (χ3n) is 5.77. The molecule has 6 nitrogen and oxygen atoms in total. The van der Waals surface area contributed by atoms with Gasteiger partial charge in [0.2, 0.25) is 0 Å². The Labute approximate surface area is 191 Å². The molecule has 0 saturated carbocycles. The lowest BCUT2D eigenvalue weighted by Crippen LogP contribution is -2.05. The summed E-state index contributed by atoms with van der Waals surface area (Å²) in [5.74, 6) is -0.624. The summed E-state index contributed by atoms with van der Waals surface area (Å²) >= 11 is 0. The number of aryl methyl sites for hydroxylation is 2. The molecule has 1 heterocycles. The number of aromatic nitrogens is 1. The van der Waals surface area contributed by atoms with Crippen LogP contribution in [-0.4, -0.2) is 28.3 Å². The molecule has 0 radical (unpaired) electrons. The molecule has 3 aromatic carbocycles. The molecule has 33 heavy (non-hydrogen) atoms. The topological polar surface area (TPSA) is 77.7 Å². The molecule has 0 aliphatic rings. The number of nitrogens with zero attached hydrogens (tertiary/aromatic N) is 2. The van der Waals surface area contributed by atoms with Crippen molar-refractivity contribution < 1.29 is 19.2 Å². The minimum absolute atomic E-state index is 0.0205. The van der Waals surface area contributed by atoms with Crippen LogP contribution in [-0.2, 0) is 27.4 Å². The normalized spacial score (nSPS) is 11.7. The minimum Gasteiger partial charge on any atom is -0.341 e. The van der Waals surface area contributed by atoms with Gasteiger partial charge in [0.1, 0.15) is 0 Å². The van der Waals surface area contributed by atoms with E-state index in [1.165, 1.54) is 6.92 Å². The van der Waals surface area contributed by atoms with Crippen LogP contribution in [0.1, 0.15) is 47.8 Å². The Hall–Kier alpha value is -4.06. The van der Waals surface area contributed by atoms with Crippen LogP contribution in [0.5, 0.6) is 0 Å². The van der Waals surface area contributed by atoms with Crippen LogP contribution in [0.15, 0.2) is 65.8 Å². The quantitative estimate of drug-likeness (QED) is 0.132. The fourth-order valence-electron chi connectivity index (χ4n) is 4.21. The Kier molecular flexibility index (Phi) is 6.18. The lowest BCUT2D eigenvalue weighted by molar-refractivity contribution is -0.140. The first-order chi connectivity index (χ1) is 16.0. The van der Waals surface area contributed by atoms with Gasteiger partial charge in [-0.05, 0) is 49.2 Å². The average molecular weight is 440 g/mol. The van der Waals surface area contributed by atoms with Crippen molar-refractivity contribution in [3.05, 3.63) is 82.9 Å². The fourth-order valence-corrected chi connectivity index (χ4v) is 4.21. The SMILES string of the molecule is CCc1ccccc1C(=O)c1ccc2c(c1)c1cc(C(C=O)=NOC(C)=O)ccc1n2CC. The molecule has 4 aromatic rings. The van der Waals surface area contributed by atoms with Crippen molar-refractivity contribution in [1.82, 2.24) is 4.57 Å². The van der Waals surface area contributed by atoms with Gasteiger partial charge in [0.15, 0.2) is 17.8 Å². The number of aldehydes is 1. The molecule has 0 aliphatic carbocycles. The third kappa shape index (κ3) is 4.07. The predicted octanol–water partition coefficient (Wildman–Crippen LogP) is 5.07. The molecule has 0 atom stereocenters. The van der Waals surface area contributed by atoms with Gasteiger partial charge in [0, 0.05) is 52.0 Å². The maximum Gasteiger partial charge on any atom is 0.332 e. The molecular weight excluding hydrogens is 416 g/mol. The Morgan fingerprint density at radius 3 is 2.18 bits per heavy atom. The zero-order chi connectivity index (χ0) is 23.5. The lowest BCUT2D eigenvalue weighted by atomic mass is 9.96. The second-order valence-electron chi connectivity index (χ2n) is 7.73. The van der Waals surface area contributed by atoms with Gasteiger partial charge in [-0.3, -0.25) is 9.59 Å². The van der Waals surface area contributed by atoms with E-state index >= 15 is 0 Å². The van der Waals surface area contributed by atoms with Gasteiger partial charge in [0.05, 0.1) is 0 Å². The van der Waals surface area contributed by atoms with E-state index in [4.69, 9.17) is 0 Å². The maximum absolute atomic E-state index is 13.3. The molecule has 0 bridgehead atoms. The number of carbonyl (C=O) groups is 3. The zero-order valence-electron chi connectivity index (χ0n) is 18.8. The first-order valence-corrected chi connectivity index (χ1v) is 10.9. The van der Waals surface area contributed by atoms with E-state index in [9.17, 15) is 14.4 Å². The second kappa shape index (κ2) is 9.20. The third-order valence-corrected chi connectivity index (χ3v) is 5.77. The molecule has 1 aromatic heterocycles. The van der Waals surface area contributed by atoms with Crippen LogP contribution in [0.3, 0.4) is 0 Å². The zero-order valence-corrected chi connectivity index (χ0v) is 18.8. The van der Waals surface area contributed by atoms with Crippen LogP contribution in [0.4, 0.5) is 0 Å². The predicted molar refractivity (Wildman–Crippen MR) is 129 cm³/mol. The van der Waals surface area contributed by atoms with E-state index in [-0.39, 0.29) is 11.5 Å². The number of ketones is 1. The monoisotopic (exact) mass is 440 g/mol. The molecule has 6 heteroatoms. The van der Waals surface area contributed by atoms with Crippen molar-refractivity contribution in [1.29, 1.82) is 0 Å². The van der Waals surface area contributed by atoms with Gasteiger partial charge in [-0.1, -0.05) is 42.4 Å². The summed E-state index contributed by atoms with van der Waals surface area (Å²) in [6.45, 7) is 6.06. The van der Waals surface area contributed by atoms with E-state index in [1.54, 1.807) is 6.07 Å². The summed E-state index contributed by atoms with van der Waals surface area (Å²) in [6.07, 6.45) is 1.33. The van der Waals surface area contributed by atoms with Crippen LogP contribution < -0.4 is 0 Å². The second-order valence-corrected chi connectivity index (χ2v) is 7.73. The summed E-state index contributed by atoms with van der Waals surface area (Å²) in [6, 6.07) is 18.9.